The Bertz CT molecular complexity index is 577. The fourth-order valence-corrected chi connectivity index (χ4v) is 2.86. The first kappa shape index (κ1) is 17.0. The van der Waals surface area contributed by atoms with Crippen LogP contribution >= 0.6 is 11.8 Å². The van der Waals surface area contributed by atoms with Crippen LogP contribution in [0.15, 0.2) is 23.4 Å². The third-order valence-electron chi connectivity index (χ3n) is 2.31. The summed E-state index contributed by atoms with van der Waals surface area (Å²) >= 11 is 1.68. The van der Waals surface area contributed by atoms with Crippen LogP contribution in [0.25, 0.3) is 0 Å². The van der Waals surface area contributed by atoms with Crippen LogP contribution < -0.4 is 4.72 Å². The minimum Gasteiger partial charge on any atom is -0.395 e. The lowest BCUT2D eigenvalue weighted by Crippen LogP contribution is -2.25. The van der Waals surface area contributed by atoms with Gasteiger partial charge in [-0.05, 0) is 24.5 Å². The van der Waals surface area contributed by atoms with E-state index >= 15 is 0 Å². The van der Waals surface area contributed by atoms with Gasteiger partial charge in [-0.1, -0.05) is 11.8 Å². The monoisotopic (exact) mass is 314 g/mol. The highest BCUT2D eigenvalue weighted by Gasteiger charge is 2.13. The Kier molecular flexibility index (Phi) is 7.62. The van der Waals surface area contributed by atoms with Gasteiger partial charge in [-0.15, -0.1) is 0 Å². The van der Waals surface area contributed by atoms with E-state index in [0.29, 0.717) is 18.5 Å². The van der Waals surface area contributed by atoms with E-state index in [4.69, 9.17) is 5.11 Å². The summed E-state index contributed by atoms with van der Waals surface area (Å²) in [5.74, 6) is 6.41. The van der Waals surface area contributed by atoms with Crippen LogP contribution in [-0.2, 0) is 10.0 Å². The SMILES string of the molecule is CSCCCNS(=O)(=O)c1cncc(C#CCCO)c1. The van der Waals surface area contributed by atoms with Crippen molar-refractivity contribution < 1.29 is 13.5 Å². The predicted molar refractivity (Wildman–Crippen MR) is 81.0 cm³/mol. The number of nitrogens with one attached hydrogen (secondary N) is 1. The minimum atomic E-state index is -3.53. The third kappa shape index (κ3) is 5.92. The lowest BCUT2D eigenvalue weighted by atomic mass is 10.3. The number of thioether (sulfide) groups is 1. The highest BCUT2D eigenvalue weighted by molar-refractivity contribution is 7.98. The van der Waals surface area contributed by atoms with Gasteiger partial charge in [0.2, 0.25) is 10.0 Å². The molecule has 0 unspecified atom stereocenters. The van der Waals surface area contributed by atoms with E-state index in [1.165, 1.54) is 18.5 Å². The highest BCUT2D eigenvalue weighted by Crippen LogP contribution is 2.09. The number of hydrogen-bond donors (Lipinski definition) is 2. The summed E-state index contributed by atoms with van der Waals surface area (Å²) in [5, 5.41) is 8.64. The van der Waals surface area contributed by atoms with E-state index in [9.17, 15) is 8.42 Å². The predicted octanol–water partition coefficient (Wildman–Crippen LogP) is 0.847. The van der Waals surface area contributed by atoms with Crippen LogP contribution in [0.3, 0.4) is 0 Å². The quantitative estimate of drug-likeness (QED) is 0.576. The Morgan fingerprint density at radius 3 is 2.95 bits per heavy atom. The number of aliphatic hydroxyl groups excluding tert-OH is 1. The second kappa shape index (κ2) is 8.97. The standard InChI is InChI=1S/C13H18N2O3S2/c1-19-8-4-6-15-20(17,18)13-9-12(10-14-11-13)5-2-3-7-16/h9-11,15-16H,3-4,6-8H2,1H3. The van der Waals surface area contributed by atoms with Gasteiger partial charge >= 0.3 is 0 Å². The van der Waals surface area contributed by atoms with Crippen molar-refractivity contribution in [1.82, 2.24) is 9.71 Å². The molecule has 0 aliphatic rings. The van der Waals surface area contributed by atoms with Gasteiger partial charge in [-0.3, -0.25) is 4.98 Å². The van der Waals surface area contributed by atoms with Crippen molar-refractivity contribution in [3.63, 3.8) is 0 Å². The number of hydrogen-bond acceptors (Lipinski definition) is 5. The summed E-state index contributed by atoms with van der Waals surface area (Å²) in [6.07, 6.45) is 5.91. The molecule has 2 N–H and O–H groups in total. The topological polar surface area (TPSA) is 79.3 Å². The van der Waals surface area contributed by atoms with Gasteiger partial charge in [0.05, 0.1) is 6.61 Å². The molecule has 0 spiro atoms. The largest absolute Gasteiger partial charge is 0.395 e. The molecule has 0 aliphatic carbocycles. The lowest BCUT2D eigenvalue weighted by Gasteiger charge is -2.06. The Morgan fingerprint density at radius 2 is 2.25 bits per heavy atom. The fraction of sp³-hybridized carbons (Fsp3) is 0.462. The van der Waals surface area contributed by atoms with Crippen LogP contribution in [-0.4, -0.2) is 43.7 Å². The summed E-state index contributed by atoms with van der Waals surface area (Å²) in [6.45, 7) is 0.388. The molecule has 0 bridgehead atoms. The molecule has 0 radical (unpaired) electrons. The molecule has 0 aliphatic heterocycles. The summed E-state index contributed by atoms with van der Waals surface area (Å²) < 4.78 is 26.6. The molecule has 1 aromatic heterocycles. The molecule has 20 heavy (non-hydrogen) atoms. The first-order chi connectivity index (χ1) is 9.60. The molecule has 0 fully saturated rings. The minimum absolute atomic E-state index is 0.0184. The summed E-state index contributed by atoms with van der Waals surface area (Å²) in [6, 6.07) is 1.48. The molecule has 110 valence electrons. The summed E-state index contributed by atoms with van der Waals surface area (Å²) in [5.41, 5.74) is 0.519. The molecular weight excluding hydrogens is 296 g/mol. The number of pyridine rings is 1. The van der Waals surface area contributed by atoms with E-state index in [1.807, 2.05) is 6.26 Å². The van der Waals surface area contributed by atoms with Crippen molar-refractivity contribution >= 4 is 21.8 Å². The van der Waals surface area contributed by atoms with E-state index < -0.39 is 10.0 Å². The van der Waals surface area contributed by atoms with Gasteiger partial charge in [-0.25, -0.2) is 13.1 Å². The van der Waals surface area contributed by atoms with Crippen LogP contribution in [0.1, 0.15) is 18.4 Å². The second-order valence-corrected chi connectivity index (χ2v) is 6.68. The first-order valence-corrected chi connectivity index (χ1v) is 9.01. The molecule has 1 heterocycles. The van der Waals surface area contributed by atoms with Crippen molar-refractivity contribution in [3.05, 3.63) is 24.0 Å². The van der Waals surface area contributed by atoms with Crippen LogP contribution in [0, 0.1) is 11.8 Å². The summed E-state index contributed by atoms with van der Waals surface area (Å²) in [7, 11) is -3.53. The van der Waals surface area contributed by atoms with Gasteiger partial charge in [0.15, 0.2) is 0 Å². The van der Waals surface area contributed by atoms with Crippen molar-refractivity contribution in [2.45, 2.75) is 17.7 Å². The molecule has 0 saturated carbocycles. The van der Waals surface area contributed by atoms with E-state index in [-0.39, 0.29) is 11.5 Å². The molecule has 1 rings (SSSR count). The van der Waals surface area contributed by atoms with Gasteiger partial charge < -0.3 is 5.11 Å². The zero-order valence-electron chi connectivity index (χ0n) is 11.3. The third-order valence-corrected chi connectivity index (χ3v) is 4.44. The van der Waals surface area contributed by atoms with Gasteiger partial charge in [0.1, 0.15) is 4.90 Å². The molecule has 0 aromatic carbocycles. The zero-order chi connectivity index (χ0) is 14.8. The smallest absolute Gasteiger partial charge is 0.242 e. The maximum absolute atomic E-state index is 12.0. The average molecular weight is 314 g/mol. The normalized spacial score (nSPS) is 10.9. The van der Waals surface area contributed by atoms with Crippen LogP contribution in [0.5, 0.6) is 0 Å². The van der Waals surface area contributed by atoms with Gasteiger partial charge in [0.25, 0.3) is 0 Å². The molecule has 7 heteroatoms. The van der Waals surface area contributed by atoms with E-state index in [1.54, 1.807) is 11.8 Å². The average Bonchev–Trinajstić information content (AvgIpc) is 2.44. The van der Waals surface area contributed by atoms with Crippen molar-refractivity contribution in [3.8, 4) is 11.8 Å². The van der Waals surface area contributed by atoms with Gasteiger partial charge in [0, 0.05) is 30.9 Å². The molecular formula is C13H18N2O3S2. The number of nitrogens with zero attached hydrogens (tertiary/aromatic N) is 1. The number of aliphatic hydroxyl groups is 1. The maximum atomic E-state index is 12.0. The lowest BCUT2D eigenvalue weighted by molar-refractivity contribution is 0.305. The van der Waals surface area contributed by atoms with E-state index in [0.717, 1.165) is 12.2 Å². The molecule has 1 aromatic rings. The van der Waals surface area contributed by atoms with E-state index in [2.05, 4.69) is 21.5 Å². The molecule has 0 amide bonds. The number of aromatic nitrogens is 1. The van der Waals surface area contributed by atoms with Crippen molar-refractivity contribution in [2.24, 2.45) is 0 Å². The maximum Gasteiger partial charge on any atom is 0.242 e. The van der Waals surface area contributed by atoms with Crippen molar-refractivity contribution in [2.75, 3.05) is 25.2 Å². The Morgan fingerprint density at radius 1 is 1.45 bits per heavy atom. The van der Waals surface area contributed by atoms with Gasteiger partial charge in [-0.2, -0.15) is 11.8 Å². The summed E-state index contributed by atoms with van der Waals surface area (Å²) in [4.78, 5) is 3.99. The van der Waals surface area contributed by atoms with Crippen LogP contribution in [0.2, 0.25) is 0 Å². The second-order valence-electron chi connectivity index (χ2n) is 3.93. The molecule has 0 atom stereocenters. The Hall–Kier alpha value is -1.07. The molecule has 0 saturated heterocycles. The Balaban J connectivity index is 2.75. The van der Waals surface area contributed by atoms with Crippen LogP contribution in [0.4, 0.5) is 0 Å². The number of sulfonamides is 1. The van der Waals surface area contributed by atoms with Crippen molar-refractivity contribution in [1.29, 1.82) is 0 Å². The highest BCUT2D eigenvalue weighted by atomic mass is 32.2. The first-order valence-electron chi connectivity index (χ1n) is 6.13. The zero-order valence-corrected chi connectivity index (χ0v) is 12.9. The molecule has 5 nitrogen and oxygen atoms in total. The number of rotatable bonds is 7. The Labute approximate surface area is 124 Å². The fourth-order valence-electron chi connectivity index (χ4n) is 1.36.